The quantitative estimate of drug-likeness (QED) is 0.200. The minimum absolute atomic E-state index is 0.338. The number of carbonyl (C=O) groups is 1. The van der Waals surface area contributed by atoms with Crippen molar-refractivity contribution >= 4 is 5.97 Å². The van der Waals surface area contributed by atoms with E-state index in [1.807, 2.05) is 0 Å². The van der Waals surface area contributed by atoms with Gasteiger partial charge >= 0.3 is 5.97 Å². The highest BCUT2D eigenvalue weighted by Crippen LogP contribution is 2.11. The summed E-state index contributed by atoms with van der Waals surface area (Å²) in [6.45, 7) is 4.65. The molecule has 0 aliphatic carbocycles. The van der Waals surface area contributed by atoms with Gasteiger partial charge in [-0.15, -0.1) is 0 Å². The van der Waals surface area contributed by atoms with Gasteiger partial charge in [-0.25, -0.2) is 0 Å². The summed E-state index contributed by atoms with van der Waals surface area (Å²) in [6, 6.07) is 0. The summed E-state index contributed by atoms with van der Waals surface area (Å²) in [5.41, 5.74) is 0. The van der Waals surface area contributed by atoms with Gasteiger partial charge in [0.05, 0.1) is 0 Å². The highest BCUT2D eigenvalue weighted by Gasteiger charge is 1.97. The molecule has 26 heavy (non-hydrogen) atoms. The molecule has 3 nitrogen and oxygen atoms in total. The standard InChI is InChI=1S/C23H47NO2/c1-2-3-4-5-6-7-9-12-15-18-21-24-22-19-16-13-10-8-11-14-17-20-23(25)26/h24H,2-22H2,1H3,(H,25,26). The Bertz CT molecular complexity index is 281. The zero-order chi connectivity index (χ0) is 19.1. The van der Waals surface area contributed by atoms with E-state index in [0.29, 0.717) is 6.42 Å². The van der Waals surface area contributed by atoms with Crippen LogP contribution < -0.4 is 5.32 Å². The molecule has 0 aliphatic heterocycles. The molecule has 0 rings (SSSR count). The van der Waals surface area contributed by atoms with E-state index in [0.717, 1.165) is 12.8 Å². The molecular weight excluding hydrogens is 322 g/mol. The van der Waals surface area contributed by atoms with E-state index in [-0.39, 0.29) is 0 Å². The zero-order valence-corrected chi connectivity index (χ0v) is 17.7. The summed E-state index contributed by atoms with van der Waals surface area (Å²) in [5.74, 6) is -0.657. The number of carboxylic acids is 1. The van der Waals surface area contributed by atoms with Gasteiger partial charge < -0.3 is 10.4 Å². The Labute approximate surface area is 163 Å². The van der Waals surface area contributed by atoms with Crippen molar-refractivity contribution in [2.75, 3.05) is 13.1 Å². The summed E-state index contributed by atoms with van der Waals surface area (Å²) in [6.07, 6.45) is 24.1. The lowest BCUT2D eigenvalue weighted by Gasteiger charge is -2.05. The Kier molecular flexibility index (Phi) is 22.0. The lowest BCUT2D eigenvalue weighted by Crippen LogP contribution is -2.16. The van der Waals surface area contributed by atoms with Crippen LogP contribution in [0.25, 0.3) is 0 Å². The summed E-state index contributed by atoms with van der Waals surface area (Å²) >= 11 is 0. The van der Waals surface area contributed by atoms with Crippen LogP contribution in [-0.2, 0) is 4.79 Å². The van der Waals surface area contributed by atoms with Crippen LogP contribution >= 0.6 is 0 Å². The van der Waals surface area contributed by atoms with Crippen LogP contribution in [0.5, 0.6) is 0 Å². The first-order valence-electron chi connectivity index (χ1n) is 11.7. The molecule has 0 aromatic rings. The third-order valence-corrected chi connectivity index (χ3v) is 5.20. The normalized spacial score (nSPS) is 11.1. The maximum atomic E-state index is 10.4. The smallest absolute Gasteiger partial charge is 0.303 e. The maximum Gasteiger partial charge on any atom is 0.303 e. The van der Waals surface area contributed by atoms with E-state index in [4.69, 9.17) is 5.11 Å². The molecule has 0 unspecified atom stereocenters. The summed E-state index contributed by atoms with van der Waals surface area (Å²) in [7, 11) is 0. The second kappa shape index (κ2) is 22.5. The molecule has 3 heteroatoms. The van der Waals surface area contributed by atoms with Crippen LogP contribution in [-0.4, -0.2) is 24.2 Å². The van der Waals surface area contributed by atoms with Crippen LogP contribution in [0.15, 0.2) is 0 Å². The second-order valence-electron chi connectivity index (χ2n) is 7.90. The van der Waals surface area contributed by atoms with Crippen molar-refractivity contribution in [2.45, 2.75) is 129 Å². The number of aliphatic carboxylic acids is 1. The fourth-order valence-corrected chi connectivity index (χ4v) is 3.45. The molecule has 0 aromatic carbocycles. The summed E-state index contributed by atoms with van der Waals surface area (Å²) < 4.78 is 0. The van der Waals surface area contributed by atoms with Gasteiger partial charge in [-0.3, -0.25) is 4.79 Å². The van der Waals surface area contributed by atoms with Gasteiger partial charge in [0, 0.05) is 6.42 Å². The van der Waals surface area contributed by atoms with Crippen molar-refractivity contribution in [3.63, 3.8) is 0 Å². The second-order valence-corrected chi connectivity index (χ2v) is 7.90. The highest BCUT2D eigenvalue weighted by atomic mass is 16.4. The average Bonchev–Trinajstić information content (AvgIpc) is 2.62. The van der Waals surface area contributed by atoms with Gasteiger partial charge in [-0.1, -0.05) is 103 Å². The Balaban J connectivity index is 2.98. The van der Waals surface area contributed by atoms with Crippen molar-refractivity contribution in [3.05, 3.63) is 0 Å². The molecule has 0 saturated carbocycles. The third kappa shape index (κ3) is 23.4. The Morgan fingerprint density at radius 3 is 1.31 bits per heavy atom. The third-order valence-electron chi connectivity index (χ3n) is 5.20. The number of hydrogen-bond donors (Lipinski definition) is 2. The van der Waals surface area contributed by atoms with Crippen LogP contribution in [0.3, 0.4) is 0 Å². The topological polar surface area (TPSA) is 49.3 Å². The first kappa shape index (κ1) is 25.4. The molecule has 0 spiro atoms. The van der Waals surface area contributed by atoms with E-state index < -0.39 is 5.97 Å². The minimum Gasteiger partial charge on any atom is -0.481 e. The van der Waals surface area contributed by atoms with Gasteiger partial charge in [-0.05, 0) is 32.4 Å². The van der Waals surface area contributed by atoms with Crippen molar-refractivity contribution in [1.29, 1.82) is 0 Å². The van der Waals surface area contributed by atoms with E-state index in [1.165, 1.54) is 116 Å². The molecule has 2 N–H and O–H groups in total. The van der Waals surface area contributed by atoms with Gasteiger partial charge in [0.25, 0.3) is 0 Å². The van der Waals surface area contributed by atoms with Crippen molar-refractivity contribution in [1.82, 2.24) is 5.32 Å². The average molecular weight is 370 g/mol. The lowest BCUT2D eigenvalue weighted by molar-refractivity contribution is -0.137. The molecule has 0 saturated heterocycles. The minimum atomic E-state index is -0.657. The first-order valence-corrected chi connectivity index (χ1v) is 11.7. The van der Waals surface area contributed by atoms with Gasteiger partial charge in [-0.2, -0.15) is 0 Å². The number of unbranched alkanes of at least 4 members (excludes halogenated alkanes) is 16. The molecular formula is C23H47NO2. The molecule has 0 radical (unpaired) electrons. The molecule has 0 aromatic heterocycles. The van der Waals surface area contributed by atoms with Crippen LogP contribution in [0, 0.1) is 0 Å². The number of nitrogens with one attached hydrogen (secondary N) is 1. The van der Waals surface area contributed by atoms with E-state index in [1.54, 1.807) is 0 Å². The van der Waals surface area contributed by atoms with E-state index in [9.17, 15) is 4.79 Å². The zero-order valence-electron chi connectivity index (χ0n) is 17.7. The fraction of sp³-hybridized carbons (Fsp3) is 0.957. The monoisotopic (exact) mass is 369 g/mol. The fourth-order valence-electron chi connectivity index (χ4n) is 3.45. The van der Waals surface area contributed by atoms with E-state index in [2.05, 4.69) is 12.2 Å². The molecule has 156 valence electrons. The lowest BCUT2D eigenvalue weighted by atomic mass is 10.1. The molecule has 0 atom stereocenters. The largest absolute Gasteiger partial charge is 0.481 e. The van der Waals surface area contributed by atoms with Crippen molar-refractivity contribution in [2.24, 2.45) is 0 Å². The van der Waals surface area contributed by atoms with Gasteiger partial charge in [0.1, 0.15) is 0 Å². The van der Waals surface area contributed by atoms with Crippen LogP contribution in [0.4, 0.5) is 0 Å². The molecule has 0 fully saturated rings. The SMILES string of the molecule is CCCCCCCCCCCCNCCCCCCCCCCC(=O)O. The Morgan fingerprint density at radius 1 is 0.577 bits per heavy atom. The number of rotatable bonds is 22. The molecule has 0 aliphatic rings. The molecule has 0 bridgehead atoms. The van der Waals surface area contributed by atoms with Gasteiger partial charge in [0.2, 0.25) is 0 Å². The number of carboxylic acid groups (broad SMARTS) is 1. The molecule has 0 heterocycles. The maximum absolute atomic E-state index is 10.4. The summed E-state index contributed by atoms with van der Waals surface area (Å²) in [5, 5.41) is 12.2. The van der Waals surface area contributed by atoms with Gasteiger partial charge in [0.15, 0.2) is 0 Å². The Morgan fingerprint density at radius 2 is 0.923 bits per heavy atom. The van der Waals surface area contributed by atoms with Crippen LogP contribution in [0.2, 0.25) is 0 Å². The van der Waals surface area contributed by atoms with E-state index >= 15 is 0 Å². The van der Waals surface area contributed by atoms with Crippen molar-refractivity contribution < 1.29 is 9.90 Å². The van der Waals surface area contributed by atoms with Crippen LogP contribution in [0.1, 0.15) is 129 Å². The van der Waals surface area contributed by atoms with Crippen molar-refractivity contribution in [3.8, 4) is 0 Å². The highest BCUT2D eigenvalue weighted by molar-refractivity contribution is 5.66. The predicted molar refractivity (Wildman–Crippen MR) is 114 cm³/mol. The first-order chi connectivity index (χ1) is 12.8. The number of hydrogen-bond acceptors (Lipinski definition) is 2. The summed E-state index contributed by atoms with van der Waals surface area (Å²) in [4.78, 5) is 10.4. The molecule has 0 amide bonds. The Hall–Kier alpha value is -0.570. The predicted octanol–water partition coefficient (Wildman–Crippen LogP) is 7.09.